The van der Waals surface area contributed by atoms with Crippen LogP contribution in [-0.4, -0.2) is 24.7 Å². The minimum Gasteiger partial charge on any atom is -0.496 e. The maximum absolute atomic E-state index is 11.0. The number of carbonyl (C=O) groups is 1. The van der Waals surface area contributed by atoms with E-state index in [0.29, 0.717) is 23.7 Å². The van der Waals surface area contributed by atoms with Crippen molar-refractivity contribution in [2.24, 2.45) is 5.92 Å². The van der Waals surface area contributed by atoms with Gasteiger partial charge in [-0.3, -0.25) is 4.79 Å². The zero-order valence-electron chi connectivity index (χ0n) is 9.74. The first kappa shape index (κ1) is 13.6. The fraction of sp³-hybridized carbons (Fsp3) is 0.417. The second kappa shape index (κ2) is 5.47. The molecule has 4 nitrogen and oxygen atoms in total. The van der Waals surface area contributed by atoms with Crippen LogP contribution in [0.4, 0.5) is 0 Å². The molecule has 0 aromatic heterocycles. The molecule has 6 heteroatoms. The lowest BCUT2D eigenvalue weighted by Crippen LogP contribution is -2.17. The quantitative estimate of drug-likeness (QED) is 0.892. The van der Waals surface area contributed by atoms with E-state index in [4.69, 9.17) is 21.4 Å². The molecule has 0 radical (unpaired) electrons. The maximum atomic E-state index is 11.0. The molecule has 2 N–H and O–H groups in total. The van der Waals surface area contributed by atoms with E-state index < -0.39 is 5.97 Å². The SMILES string of the molecule is COc1cc(Cl)cc(C2CC(C(=O)O)CN2)c1Br. The van der Waals surface area contributed by atoms with Gasteiger partial charge >= 0.3 is 5.97 Å². The summed E-state index contributed by atoms with van der Waals surface area (Å²) in [7, 11) is 1.57. The molecule has 1 aromatic carbocycles. The van der Waals surface area contributed by atoms with Crippen LogP contribution < -0.4 is 10.1 Å². The molecule has 1 fully saturated rings. The molecule has 18 heavy (non-hydrogen) atoms. The summed E-state index contributed by atoms with van der Waals surface area (Å²) in [5, 5.41) is 12.8. The van der Waals surface area contributed by atoms with E-state index in [-0.39, 0.29) is 12.0 Å². The Balaban J connectivity index is 2.29. The third kappa shape index (κ3) is 2.63. The number of nitrogens with one attached hydrogen (secondary N) is 1. The molecule has 1 aliphatic heterocycles. The Morgan fingerprint density at radius 3 is 2.89 bits per heavy atom. The fourth-order valence-electron chi connectivity index (χ4n) is 2.15. The van der Waals surface area contributed by atoms with Crippen molar-refractivity contribution >= 4 is 33.5 Å². The highest BCUT2D eigenvalue weighted by Crippen LogP contribution is 2.39. The van der Waals surface area contributed by atoms with Crippen molar-refractivity contribution in [3.8, 4) is 5.75 Å². The average Bonchev–Trinajstić information content (AvgIpc) is 2.81. The van der Waals surface area contributed by atoms with E-state index in [1.54, 1.807) is 13.2 Å². The average molecular weight is 335 g/mol. The molecule has 0 saturated carbocycles. The number of hydrogen-bond donors (Lipinski definition) is 2. The van der Waals surface area contributed by atoms with Gasteiger partial charge in [0.25, 0.3) is 0 Å². The summed E-state index contributed by atoms with van der Waals surface area (Å²) in [4.78, 5) is 11.0. The molecular formula is C12H13BrClNO3. The minimum atomic E-state index is -0.768. The van der Waals surface area contributed by atoms with Crippen LogP contribution in [-0.2, 0) is 4.79 Å². The predicted octanol–water partition coefficient (Wildman–Crippen LogP) is 2.85. The first-order valence-electron chi connectivity index (χ1n) is 5.52. The third-order valence-corrected chi connectivity index (χ3v) is 4.17. The Labute approximate surface area is 118 Å². The molecule has 0 bridgehead atoms. The lowest BCUT2D eigenvalue weighted by atomic mass is 10.00. The standard InChI is InChI=1S/C12H13BrClNO3/c1-18-10-4-7(14)3-8(11(10)13)9-2-6(5-15-9)12(16)17/h3-4,6,9,15H,2,5H2,1H3,(H,16,17). The van der Waals surface area contributed by atoms with Crippen LogP contribution in [0.3, 0.4) is 0 Å². The molecule has 1 heterocycles. The molecular weight excluding hydrogens is 321 g/mol. The van der Waals surface area contributed by atoms with Gasteiger partial charge in [-0.2, -0.15) is 0 Å². The summed E-state index contributed by atoms with van der Waals surface area (Å²) in [6.45, 7) is 0.473. The maximum Gasteiger partial charge on any atom is 0.307 e. The second-order valence-electron chi connectivity index (χ2n) is 4.24. The Bertz CT molecular complexity index is 481. The number of carboxylic acid groups (broad SMARTS) is 1. The normalized spacial score (nSPS) is 23.1. The third-order valence-electron chi connectivity index (χ3n) is 3.11. The number of aliphatic carboxylic acids is 1. The Morgan fingerprint density at radius 2 is 2.33 bits per heavy atom. The van der Waals surface area contributed by atoms with E-state index in [1.807, 2.05) is 6.07 Å². The van der Waals surface area contributed by atoms with Crippen LogP contribution in [0.5, 0.6) is 5.75 Å². The van der Waals surface area contributed by atoms with Crippen LogP contribution in [0.1, 0.15) is 18.0 Å². The summed E-state index contributed by atoms with van der Waals surface area (Å²) >= 11 is 9.50. The van der Waals surface area contributed by atoms with Gasteiger partial charge in [-0.15, -0.1) is 0 Å². The van der Waals surface area contributed by atoms with E-state index in [0.717, 1.165) is 10.0 Å². The zero-order valence-corrected chi connectivity index (χ0v) is 12.1. The van der Waals surface area contributed by atoms with Gasteiger partial charge in [0.2, 0.25) is 0 Å². The zero-order chi connectivity index (χ0) is 13.3. The van der Waals surface area contributed by atoms with E-state index >= 15 is 0 Å². The molecule has 98 valence electrons. The van der Waals surface area contributed by atoms with Crippen molar-refractivity contribution in [1.29, 1.82) is 0 Å². The topological polar surface area (TPSA) is 58.6 Å². The van der Waals surface area contributed by atoms with Gasteiger partial charge in [0.1, 0.15) is 5.75 Å². The first-order valence-corrected chi connectivity index (χ1v) is 6.69. The Kier molecular flexibility index (Phi) is 4.14. The minimum absolute atomic E-state index is 0.0203. The molecule has 0 spiro atoms. The van der Waals surface area contributed by atoms with Gasteiger partial charge in [0.15, 0.2) is 0 Å². The molecule has 1 saturated heterocycles. The number of ether oxygens (including phenoxy) is 1. The molecule has 1 aromatic rings. The van der Waals surface area contributed by atoms with Gasteiger partial charge < -0.3 is 15.2 Å². The number of rotatable bonds is 3. The van der Waals surface area contributed by atoms with Gasteiger partial charge in [-0.1, -0.05) is 11.6 Å². The number of carboxylic acids is 1. The molecule has 2 rings (SSSR count). The molecule has 2 unspecified atom stereocenters. The van der Waals surface area contributed by atoms with Crippen molar-refractivity contribution in [1.82, 2.24) is 5.32 Å². The van der Waals surface area contributed by atoms with E-state index in [1.165, 1.54) is 0 Å². The smallest absolute Gasteiger partial charge is 0.307 e. The van der Waals surface area contributed by atoms with Crippen molar-refractivity contribution < 1.29 is 14.6 Å². The van der Waals surface area contributed by atoms with Crippen LogP contribution in [0.2, 0.25) is 5.02 Å². The molecule has 0 aliphatic carbocycles. The van der Waals surface area contributed by atoms with Crippen LogP contribution >= 0.6 is 27.5 Å². The highest BCUT2D eigenvalue weighted by molar-refractivity contribution is 9.10. The monoisotopic (exact) mass is 333 g/mol. The summed E-state index contributed by atoms with van der Waals surface area (Å²) in [6.07, 6.45) is 0.553. The van der Waals surface area contributed by atoms with E-state index in [9.17, 15) is 4.79 Å². The van der Waals surface area contributed by atoms with Crippen molar-refractivity contribution in [3.63, 3.8) is 0 Å². The summed E-state index contributed by atoms with van der Waals surface area (Å²) in [6, 6.07) is 3.53. The van der Waals surface area contributed by atoms with E-state index in [2.05, 4.69) is 21.2 Å². The highest BCUT2D eigenvalue weighted by atomic mass is 79.9. The van der Waals surface area contributed by atoms with Gasteiger partial charge in [-0.05, 0) is 40.0 Å². The number of benzene rings is 1. The second-order valence-corrected chi connectivity index (χ2v) is 5.47. The van der Waals surface area contributed by atoms with Gasteiger partial charge in [0.05, 0.1) is 17.5 Å². The van der Waals surface area contributed by atoms with Gasteiger partial charge in [-0.25, -0.2) is 0 Å². The molecule has 2 atom stereocenters. The van der Waals surface area contributed by atoms with Crippen molar-refractivity contribution in [3.05, 3.63) is 27.2 Å². The largest absolute Gasteiger partial charge is 0.496 e. The number of halogens is 2. The number of methoxy groups -OCH3 is 1. The van der Waals surface area contributed by atoms with Crippen molar-refractivity contribution in [2.45, 2.75) is 12.5 Å². The van der Waals surface area contributed by atoms with Crippen molar-refractivity contribution in [2.75, 3.05) is 13.7 Å². The van der Waals surface area contributed by atoms with Crippen LogP contribution in [0.15, 0.2) is 16.6 Å². The van der Waals surface area contributed by atoms with Crippen LogP contribution in [0, 0.1) is 5.92 Å². The summed E-state index contributed by atoms with van der Waals surface area (Å²) < 4.78 is 6.04. The predicted molar refractivity (Wildman–Crippen MR) is 72.2 cm³/mol. The van der Waals surface area contributed by atoms with Crippen LogP contribution in [0.25, 0.3) is 0 Å². The fourth-order valence-corrected chi connectivity index (χ4v) is 3.03. The first-order chi connectivity index (χ1) is 8.52. The molecule has 0 amide bonds. The Morgan fingerprint density at radius 1 is 1.61 bits per heavy atom. The summed E-state index contributed by atoms with van der Waals surface area (Å²) in [5.74, 6) is -0.472. The highest BCUT2D eigenvalue weighted by Gasteiger charge is 2.31. The van der Waals surface area contributed by atoms with Gasteiger partial charge in [0, 0.05) is 17.6 Å². The lowest BCUT2D eigenvalue weighted by Gasteiger charge is -2.15. The summed E-state index contributed by atoms with van der Waals surface area (Å²) in [5.41, 5.74) is 0.933. The number of hydrogen-bond acceptors (Lipinski definition) is 3. The lowest BCUT2D eigenvalue weighted by molar-refractivity contribution is -0.141. The Hall–Kier alpha value is -0.780. The molecule has 1 aliphatic rings.